The van der Waals surface area contributed by atoms with E-state index in [9.17, 15) is 0 Å². The van der Waals surface area contributed by atoms with Gasteiger partial charge in [-0.05, 0) is 25.0 Å². The number of nitrogens with two attached hydrogens (primary N) is 1. The molecule has 0 fully saturated rings. The van der Waals surface area contributed by atoms with E-state index in [0.29, 0.717) is 5.82 Å². The summed E-state index contributed by atoms with van der Waals surface area (Å²) in [7, 11) is 0. The topological polar surface area (TPSA) is 63.8 Å². The van der Waals surface area contributed by atoms with Gasteiger partial charge in [0.25, 0.3) is 0 Å². The molecule has 0 amide bonds. The number of hydrogen-bond acceptors (Lipinski definition) is 4. The normalized spacial score (nSPS) is 14.2. The van der Waals surface area contributed by atoms with Crippen molar-refractivity contribution in [1.82, 2.24) is 15.3 Å². The Morgan fingerprint density at radius 1 is 1.21 bits per heavy atom. The van der Waals surface area contributed by atoms with Gasteiger partial charge in [0.05, 0.1) is 5.69 Å². The minimum absolute atomic E-state index is 0.605. The molecule has 0 atom stereocenters. The van der Waals surface area contributed by atoms with Gasteiger partial charge < -0.3 is 11.1 Å². The molecule has 0 unspecified atom stereocenters. The summed E-state index contributed by atoms with van der Waals surface area (Å²) in [6, 6.07) is 6.20. The molecule has 4 heteroatoms. The van der Waals surface area contributed by atoms with Crippen LogP contribution in [0.4, 0.5) is 5.82 Å². The molecule has 2 heterocycles. The first-order chi connectivity index (χ1) is 9.16. The molecule has 0 spiro atoms. The van der Waals surface area contributed by atoms with E-state index >= 15 is 0 Å². The fourth-order valence-electron chi connectivity index (χ4n) is 2.48. The predicted molar refractivity (Wildman–Crippen MR) is 76.8 cm³/mol. The average Bonchev–Trinajstić information content (AvgIpc) is 2.42. The Hall–Kier alpha value is -1.94. The molecule has 4 nitrogen and oxygen atoms in total. The second-order valence-corrected chi connectivity index (χ2v) is 5.03. The van der Waals surface area contributed by atoms with Crippen LogP contribution in [0.25, 0.3) is 11.4 Å². The predicted octanol–water partition coefficient (Wildman–Crippen LogP) is 1.99. The van der Waals surface area contributed by atoms with Crippen LogP contribution in [0.15, 0.2) is 18.2 Å². The number of aryl methyl sites for hydroxylation is 1. The fourth-order valence-corrected chi connectivity index (χ4v) is 2.48. The maximum absolute atomic E-state index is 6.08. The summed E-state index contributed by atoms with van der Waals surface area (Å²) >= 11 is 0. The van der Waals surface area contributed by atoms with Crippen LogP contribution in [-0.4, -0.2) is 16.5 Å². The molecule has 0 saturated heterocycles. The number of nitrogen functional groups attached to an aromatic ring is 1. The highest BCUT2D eigenvalue weighted by Gasteiger charge is 2.17. The summed E-state index contributed by atoms with van der Waals surface area (Å²) in [5, 5.41) is 3.30. The molecule has 1 aliphatic heterocycles. The maximum atomic E-state index is 6.08. The molecule has 0 radical (unpaired) electrons. The van der Waals surface area contributed by atoms with Crippen molar-refractivity contribution in [3.8, 4) is 11.4 Å². The number of hydrogen-bond donors (Lipinski definition) is 2. The Morgan fingerprint density at radius 3 is 2.89 bits per heavy atom. The molecule has 1 aliphatic rings. The quantitative estimate of drug-likeness (QED) is 0.817. The molecule has 1 aromatic carbocycles. The van der Waals surface area contributed by atoms with Gasteiger partial charge in [0.15, 0.2) is 5.82 Å². The Morgan fingerprint density at radius 2 is 2.05 bits per heavy atom. The zero-order valence-corrected chi connectivity index (χ0v) is 11.3. The number of anilines is 1. The van der Waals surface area contributed by atoms with Gasteiger partial charge in [0.1, 0.15) is 5.82 Å². The first kappa shape index (κ1) is 12.1. The first-order valence-electron chi connectivity index (χ1n) is 6.59. The van der Waals surface area contributed by atoms with Gasteiger partial charge in [-0.3, -0.25) is 0 Å². The monoisotopic (exact) mass is 254 g/mol. The molecule has 98 valence electrons. The van der Waals surface area contributed by atoms with E-state index in [1.54, 1.807) is 0 Å². The van der Waals surface area contributed by atoms with E-state index in [-0.39, 0.29) is 0 Å². The van der Waals surface area contributed by atoms with E-state index in [1.807, 2.05) is 6.07 Å². The lowest BCUT2D eigenvalue weighted by Crippen LogP contribution is -2.26. The van der Waals surface area contributed by atoms with E-state index in [1.165, 1.54) is 11.1 Å². The minimum atomic E-state index is 0.605. The Kier molecular flexibility index (Phi) is 2.95. The molecular formula is C15H18N4. The van der Waals surface area contributed by atoms with Crippen LogP contribution in [0, 0.1) is 13.8 Å². The molecule has 19 heavy (non-hydrogen) atoms. The SMILES string of the molecule is Cc1cccc(-c2nc(N)c3c(n2)CCNC3)c1C. The van der Waals surface area contributed by atoms with E-state index in [0.717, 1.165) is 42.2 Å². The lowest BCUT2D eigenvalue weighted by atomic mass is 10.0. The molecule has 0 saturated carbocycles. The van der Waals surface area contributed by atoms with Gasteiger partial charge in [-0.2, -0.15) is 0 Å². The lowest BCUT2D eigenvalue weighted by molar-refractivity contribution is 0.629. The van der Waals surface area contributed by atoms with Gasteiger partial charge in [-0.15, -0.1) is 0 Å². The highest BCUT2D eigenvalue weighted by atomic mass is 15.0. The molecule has 2 aromatic rings. The Labute approximate surface area is 113 Å². The maximum Gasteiger partial charge on any atom is 0.162 e. The Bertz CT molecular complexity index is 634. The van der Waals surface area contributed by atoms with Crippen LogP contribution in [-0.2, 0) is 13.0 Å². The van der Waals surface area contributed by atoms with Crippen LogP contribution >= 0.6 is 0 Å². The summed E-state index contributed by atoms with van der Waals surface area (Å²) in [5.41, 5.74) is 11.8. The highest BCUT2D eigenvalue weighted by molar-refractivity contribution is 5.64. The smallest absolute Gasteiger partial charge is 0.162 e. The van der Waals surface area contributed by atoms with Gasteiger partial charge in [0, 0.05) is 30.6 Å². The molecule has 3 N–H and O–H groups in total. The summed E-state index contributed by atoms with van der Waals surface area (Å²) < 4.78 is 0. The Balaban J connectivity index is 2.16. The van der Waals surface area contributed by atoms with Crippen molar-refractivity contribution in [1.29, 1.82) is 0 Å². The van der Waals surface area contributed by atoms with Gasteiger partial charge in [0.2, 0.25) is 0 Å². The summed E-state index contributed by atoms with van der Waals surface area (Å²) in [5.74, 6) is 1.35. The fraction of sp³-hybridized carbons (Fsp3) is 0.333. The summed E-state index contributed by atoms with van der Waals surface area (Å²) in [6.45, 7) is 5.93. The van der Waals surface area contributed by atoms with Crippen LogP contribution in [0.3, 0.4) is 0 Å². The number of aromatic nitrogens is 2. The average molecular weight is 254 g/mol. The molecular weight excluding hydrogens is 236 g/mol. The van der Waals surface area contributed by atoms with Gasteiger partial charge in [-0.1, -0.05) is 18.2 Å². The zero-order valence-electron chi connectivity index (χ0n) is 11.3. The third kappa shape index (κ3) is 2.08. The van der Waals surface area contributed by atoms with E-state index < -0.39 is 0 Å². The van der Waals surface area contributed by atoms with Crippen molar-refractivity contribution < 1.29 is 0 Å². The number of benzene rings is 1. The number of rotatable bonds is 1. The van der Waals surface area contributed by atoms with Crippen LogP contribution in [0.1, 0.15) is 22.4 Å². The van der Waals surface area contributed by atoms with E-state index in [4.69, 9.17) is 10.7 Å². The molecule has 0 bridgehead atoms. The highest BCUT2D eigenvalue weighted by Crippen LogP contribution is 2.26. The molecule has 0 aliphatic carbocycles. The number of nitrogens with one attached hydrogen (secondary N) is 1. The molecule has 1 aromatic heterocycles. The van der Waals surface area contributed by atoms with Crippen molar-refractivity contribution in [2.45, 2.75) is 26.8 Å². The van der Waals surface area contributed by atoms with Gasteiger partial charge >= 0.3 is 0 Å². The first-order valence-corrected chi connectivity index (χ1v) is 6.59. The zero-order chi connectivity index (χ0) is 13.4. The molecule has 3 rings (SSSR count). The second-order valence-electron chi connectivity index (χ2n) is 5.03. The summed E-state index contributed by atoms with van der Waals surface area (Å²) in [4.78, 5) is 9.20. The number of fused-ring (bicyclic) bond motifs is 1. The van der Waals surface area contributed by atoms with Crippen LogP contribution in [0.2, 0.25) is 0 Å². The second kappa shape index (κ2) is 4.63. The van der Waals surface area contributed by atoms with Crippen molar-refractivity contribution in [3.63, 3.8) is 0 Å². The van der Waals surface area contributed by atoms with Crippen LogP contribution in [0.5, 0.6) is 0 Å². The van der Waals surface area contributed by atoms with Crippen LogP contribution < -0.4 is 11.1 Å². The summed E-state index contributed by atoms with van der Waals surface area (Å²) in [6.07, 6.45) is 0.917. The third-order valence-corrected chi connectivity index (χ3v) is 3.81. The van der Waals surface area contributed by atoms with Crippen molar-refractivity contribution in [2.24, 2.45) is 0 Å². The standard InChI is InChI=1S/C15H18N4/c1-9-4-3-5-11(10(9)2)15-18-13-6-7-17-8-12(13)14(16)19-15/h3-5,17H,6-8H2,1-2H3,(H2,16,18,19). The largest absolute Gasteiger partial charge is 0.383 e. The van der Waals surface area contributed by atoms with Crippen molar-refractivity contribution in [3.05, 3.63) is 40.6 Å². The lowest BCUT2D eigenvalue weighted by Gasteiger charge is -2.19. The van der Waals surface area contributed by atoms with Crippen molar-refractivity contribution in [2.75, 3.05) is 12.3 Å². The van der Waals surface area contributed by atoms with Crippen molar-refractivity contribution >= 4 is 5.82 Å². The van der Waals surface area contributed by atoms with E-state index in [2.05, 4.69) is 36.3 Å². The minimum Gasteiger partial charge on any atom is -0.383 e. The number of nitrogens with zero attached hydrogens (tertiary/aromatic N) is 2. The third-order valence-electron chi connectivity index (χ3n) is 3.81. The van der Waals surface area contributed by atoms with Gasteiger partial charge in [-0.25, -0.2) is 9.97 Å².